The van der Waals surface area contributed by atoms with Crippen LogP contribution in [0.3, 0.4) is 0 Å². The van der Waals surface area contributed by atoms with Gasteiger partial charge in [0.15, 0.2) is 0 Å². The average molecular weight is 349 g/mol. The molecule has 16 heavy (non-hydrogen) atoms. The molecule has 0 saturated heterocycles. The molecule has 0 heterocycles. The molecular formula is C12H15Br2NO. The summed E-state index contributed by atoms with van der Waals surface area (Å²) >= 11 is 6.91. The molecule has 1 aromatic carbocycles. The van der Waals surface area contributed by atoms with Gasteiger partial charge in [0, 0.05) is 21.9 Å². The molecule has 0 fully saturated rings. The van der Waals surface area contributed by atoms with E-state index < -0.39 is 0 Å². The number of benzene rings is 1. The quantitative estimate of drug-likeness (QED) is 0.877. The molecule has 0 saturated carbocycles. The third-order valence-corrected chi connectivity index (χ3v) is 4.18. The van der Waals surface area contributed by atoms with Gasteiger partial charge in [-0.1, -0.05) is 6.92 Å². The molecule has 0 aliphatic heterocycles. The number of carbonyl (C=O) groups is 1. The molecule has 1 aromatic rings. The van der Waals surface area contributed by atoms with Crippen LogP contribution in [0.25, 0.3) is 0 Å². The van der Waals surface area contributed by atoms with Gasteiger partial charge in [-0.15, -0.1) is 0 Å². The van der Waals surface area contributed by atoms with Gasteiger partial charge in [0.2, 0.25) is 5.91 Å². The normalized spacial score (nSPS) is 10.2. The molecule has 1 N–H and O–H groups in total. The van der Waals surface area contributed by atoms with Crippen LogP contribution in [0.5, 0.6) is 0 Å². The van der Waals surface area contributed by atoms with Crippen LogP contribution >= 0.6 is 31.9 Å². The minimum atomic E-state index is 0.112. The Balaban J connectivity index is 2.67. The average Bonchev–Trinajstić information content (AvgIpc) is 2.22. The summed E-state index contributed by atoms with van der Waals surface area (Å²) in [6, 6.07) is 4.08. The summed E-state index contributed by atoms with van der Waals surface area (Å²) in [5.74, 6) is 0.112. The van der Waals surface area contributed by atoms with Crippen molar-refractivity contribution in [1.29, 1.82) is 0 Å². The Morgan fingerprint density at radius 1 is 1.31 bits per heavy atom. The Morgan fingerprint density at radius 2 is 1.94 bits per heavy atom. The Morgan fingerprint density at radius 3 is 2.56 bits per heavy atom. The van der Waals surface area contributed by atoms with Gasteiger partial charge < -0.3 is 5.32 Å². The van der Waals surface area contributed by atoms with Crippen LogP contribution < -0.4 is 5.32 Å². The van der Waals surface area contributed by atoms with Crippen molar-refractivity contribution in [2.24, 2.45) is 0 Å². The van der Waals surface area contributed by atoms with Crippen molar-refractivity contribution < 1.29 is 4.79 Å². The van der Waals surface area contributed by atoms with E-state index in [2.05, 4.69) is 37.2 Å². The first kappa shape index (κ1) is 13.7. The van der Waals surface area contributed by atoms with Crippen LogP contribution in [0.15, 0.2) is 21.1 Å². The van der Waals surface area contributed by atoms with Crippen molar-refractivity contribution in [2.45, 2.75) is 33.2 Å². The maximum Gasteiger partial charge on any atom is 0.220 e. The Hall–Kier alpha value is -0.350. The van der Waals surface area contributed by atoms with Gasteiger partial charge in [-0.2, -0.15) is 0 Å². The lowest BCUT2D eigenvalue weighted by Crippen LogP contribution is -2.22. The van der Waals surface area contributed by atoms with Crippen LogP contribution in [0.4, 0.5) is 0 Å². The van der Waals surface area contributed by atoms with E-state index in [9.17, 15) is 4.79 Å². The summed E-state index contributed by atoms with van der Waals surface area (Å²) < 4.78 is 2.05. The summed E-state index contributed by atoms with van der Waals surface area (Å²) in [5, 5.41) is 2.91. The predicted octanol–water partition coefficient (Wildman–Crippen LogP) is 3.94. The highest BCUT2D eigenvalue weighted by Crippen LogP contribution is 2.26. The summed E-state index contributed by atoms with van der Waals surface area (Å²) in [6.07, 6.45) is 1.48. The smallest absolute Gasteiger partial charge is 0.220 e. The van der Waals surface area contributed by atoms with Crippen LogP contribution in [-0.2, 0) is 11.3 Å². The first-order valence-electron chi connectivity index (χ1n) is 5.25. The number of nitrogens with one attached hydrogen (secondary N) is 1. The topological polar surface area (TPSA) is 29.1 Å². The number of halogens is 2. The minimum absolute atomic E-state index is 0.112. The number of amides is 1. The van der Waals surface area contributed by atoms with E-state index in [1.165, 1.54) is 5.56 Å². The van der Waals surface area contributed by atoms with Crippen molar-refractivity contribution in [3.05, 3.63) is 32.2 Å². The van der Waals surface area contributed by atoms with E-state index in [4.69, 9.17) is 0 Å². The molecule has 0 aliphatic carbocycles. The molecule has 1 amide bonds. The van der Waals surface area contributed by atoms with E-state index in [0.717, 1.165) is 20.9 Å². The van der Waals surface area contributed by atoms with E-state index in [-0.39, 0.29) is 5.91 Å². The zero-order chi connectivity index (χ0) is 12.1. The predicted molar refractivity (Wildman–Crippen MR) is 73.3 cm³/mol. The second-order valence-electron chi connectivity index (χ2n) is 3.72. The fraction of sp³-hybridized carbons (Fsp3) is 0.417. The highest BCUT2D eigenvalue weighted by atomic mass is 79.9. The molecule has 4 heteroatoms. The van der Waals surface area contributed by atoms with E-state index in [0.29, 0.717) is 13.0 Å². The highest BCUT2D eigenvalue weighted by molar-refractivity contribution is 9.13. The van der Waals surface area contributed by atoms with Crippen molar-refractivity contribution in [3.8, 4) is 0 Å². The fourth-order valence-corrected chi connectivity index (χ4v) is 2.24. The highest BCUT2D eigenvalue weighted by Gasteiger charge is 2.05. The first-order valence-corrected chi connectivity index (χ1v) is 6.84. The van der Waals surface area contributed by atoms with Crippen LogP contribution in [0, 0.1) is 6.92 Å². The van der Waals surface area contributed by atoms with Gasteiger partial charge in [-0.25, -0.2) is 0 Å². The molecule has 0 atom stereocenters. The summed E-state index contributed by atoms with van der Waals surface area (Å²) in [5.41, 5.74) is 2.31. The molecule has 0 aromatic heterocycles. The molecule has 2 nitrogen and oxygen atoms in total. The Bertz CT molecular complexity index is 391. The van der Waals surface area contributed by atoms with Crippen molar-refractivity contribution in [3.63, 3.8) is 0 Å². The van der Waals surface area contributed by atoms with Crippen molar-refractivity contribution >= 4 is 37.8 Å². The molecule has 1 rings (SSSR count). The van der Waals surface area contributed by atoms with Crippen molar-refractivity contribution in [2.75, 3.05) is 0 Å². The van der Waals surface area contributed by atoms with E-state index >= 15 is 0 Å². The summed E-state index contributed by atoms with van der Waals surface area (Å²) in [4.78, 5) is 11.3. The Kier molecular flexibility index (Phi) is 5.49. The zero-order valence-electron chi connectivity index (χ0n) is 9.44. The van der Waals surface area contributed by atoms with Crippen LogP contribution in [-0.4, -0.2) is 5.91 Å². The second-order valence-corrected chi connectivity index (χ2v) is 5.43. The zero-order valence-corrected chi connectivity index (χ0v) is 12.6. The third kappa shape index (κ3) is 3.91. The Labute approximate surface area is 113 Å². The van der Waals surface area contributed by atoms with Crippen molar-refractivity contribution in [1.82, 2.24) is 5.32 Å². The SMILES string of the molecule is CCCC(=O)NCc1cc(Br)c(Br)cc1C. The van der Waals surface area contributed by atoms with Gasteiger partial charge in [-0.05, 0) is 68.5 Å². The van der Waals surface area contributed by atoms with Gasteiger partial charge >= 0.3 is 0 Å². The first-order chi connectivity index (χ1) is 7.54. The van der Waals surface area contributed by atoms with Gasteiger partial charge in [0.05, 0.1) is 0 Å². The fourth-order valence-electron chi connectivity index (χ4n) is 1.39. The van der Waals surface area contributed by atoms with Crippen LogP contribution in [0.2, 0.25) is 0 Å². The van der Waals surface area contributed by atoms with Gasteiger partial charge in [-0.3, -0.25) is 4.79 Å². The number of aryl methyl sites for hydroxylation is 1. The number of hydrogen-bond donors (Lipinski definition) is 1. The number of hydrogen-bond acceptors (Lipinski definition) is 1. The third-order valence-electron chi connectivity index (χ3n) is 2.33. The largest absolute Gasteiger partial charge is 0.352 e. The van der Waals surface area contributed by atoms with E-state index in [1.54, 1.807) is 0 Å². The maximum absolute atomic E-state index is 11.3. The molecular weight excluding hydrogens is 334 g/mol. The lowest BCUT2D eigenvalue weighted by Gasteiger charge is -2.09. The molecule has 0 spiro atoms. The summed E-state index contributed by atoms with van der Waals surface area (Å²) in [7, 11) is 0. The molecule has 88 valence electrons. The minimum Gasteiger partial charge on any atom is -0.352 e. The lowest BCUT2D eigenvalue weighted by molar-refractivity contribution is -0.121. The maximum atomic E-state index is 11.3. The number of carbonyl (C=O) groups excluding carboxylic acids is 1. The second kappa shape index (κ2) is 6.40. The van der Waals surface area contributed by atoms with Crippen LogP contribution in [0.1, 0.15) is 30.9 Å². The summed E-state index contributed by atoms with van der Waals surface area (Å²) in [6.45, 7) is 4.64. The molecule has 0 aliphatic rings. The monoisotopic (exact) mass is 347 g/mol. The van der Waals surface area contributed by atoms with Gasteiger partial charge in [0.1, 0.15) is 0 Å². The van der Waals surface area contributed by atoms with E-state index in [1.807, 2.05) is 26.0 Å². The lowest BCUT2D eigenvalue weighted by atomic mass is 10.1. The van der Waals surface area contributed by atoms with Gasteiger partial charge in [0.25, 0.3) is 0 Å². The number of rotatable bonds is 4. The molecule has 0 radical (unpaired) electrons. The molecule has 0 unspecified atom stereocenters. The standard InChI is InChI=1S/C12H15Br2NO/c1-3-4-12(16)15-7-9-6-11(14)10(13)5-8(9)2/h5-6H,3-4,7H2,1-2H3,(H,15,16). The molecule has 0 bridgehead atoms.